The summed E-state index contributed by atoms with van der Waals surface area (Å²) in [5.74, 6) is 0.275. The number of rotatable bonds is 7. The van der Waals surface area contributed by atoms with E-state index in [0.29, 0.717) is 0 Å². The molecule has 70 heavy (non-hydrogen) atoms. The Bertz CT molecular complexity index is 3190. The first-order chi connectivity index (χ1) is 33.0. The van der Waals surface area contributed by atoms with Crippen LogP contribution in [0.5, 0.6) is 0 Å². The molecule has 4 heterocycles. The maximum absolute atomic E-state index is 6.64. The van der Waals surface area contributed by atoms with Gasteiger partial charge < -0.3 is 4.42 Å². The minimum absolute atomic E-state index is 0. The standard InChI is InChI=1S/C39H39NO.C14H17NSi.C11H9N.Ir/c1-25(26-12-9-8-10-13-26)27-18-19-40-35(22-27)34-15-11-14-33-32-17-16-28(23-36(32)41-37(33)34)29-20-30(38(2,3)4)24-31(21-29)39(5,6)7;1-16(2,3)13-9-10-14(15-11-13)12-7-5-4-6-8-12;1-2-6-10(7-3-1)11-8-4-5-9-12-11;/h8-25H,1-7H3;4-11H,1-3H3;1-9H;. The molecule has 6 heteroatoms. The summed E-state index contributed by atoms with van der Waals surface area (Å²) < 4.78 is 6.64. The normalized spacial score (nSPS) is 12.0. The van der Waals surface area contributed by atoms with Crippen molar-refractivity contribution in [1.82, 2.24) is 15.0 Å². The molecule has 1 radical (unpaired) electrons. The van der Waals surface area contributed by atoms with E-state index in [1.807, 2.05) is 73.2 Å². The van der Waals surface area contributed by atoms with Gasteiger partial charge in [0.05, 0.1) is 25.2 Å². The van der Waals surface area contributed by atoms with Gasteiger partial charge in [0, 0.05) is 72.1 Å². The van der Waals surface area contributed by atoms with Gasteiger partial charge in [0.25, 0.3) is 0 Å². The van der Waals surface area contributed by atoms with Crippen molar-refractivity contribution in [3.8, 4) is 44.9 Å². The third-order valence-electron chi connectivity index (χ3n) is 12.8. The van der Waals surface area contributed by atoms with Crippen molar-refractivity contribution in [3.63, 3.8) is 0 Å². The molecule has 0 amide bonds. The largest absolute Gasteiger partial charge is 0.455 e. The number of para-hydroxylation sites is 1. The van der Waals surface area contributed by atoms with Crippen LogP contribution < -0.4 is 5.19 Å². The Labute approximate surface area is 430 Å². The van der Waals surface area contributed by atoms with E-state index in [1.165, 1.54) is 44.1 Å². The zero-order valence-electron chi connectivity index (χ0n) is 42.3. The molecule has 4 aromatic heterocycles. The molecule has 4 nitrogen and oxygen atoms in total. The van der Waals surface area contributed by atoms with E-state index in [1.54, 1.807) is 0 Å². The molecule has 0 saturated carbocycles. The maximum atomic E-state index is 6.64. The Kier molecular flexibility index (Phi) is 16.1. The number of fused-ring (bicyclic) bond motifs is 3. The smallest absolute Gasteiger partial charge is 0.144 e. The molecule has 355 valence electrons. The zero-order chi connectivity index (χ0) is 48.8. The van der Waals surface area contributed by atoms with E-state index >= 15 is 0 Å². The van der Waals surface area contributed by atoms with Gasteiger partial charge in [-0.25, -0.2) is 0 Å². The van der Waals surface area contributed by atoms with E-state index in [2.05, 4.69) is 212 Å². The molecule has 0 saturated heterocycles. The number of furan rings is 1. The van der Waals surface area contributed by atoms with Crippen LogP contribution in [0.15, 0.2) is 211 Å². The Hall–Kier alpha value is -6.56. The molecule has 1 unspecified atom stereocenters. The van der Waals surface area contributed by atoms with Crippen LogP contribution in [0.2, 0.25) is 19.6 Å². The van der Waals surface area contributed by atoms with Crippen molar-refractivity contribution < 1.29 is 24.5 Å². The molecule has 10 rings (SSSR count). The van der Waals surface area contributed by atoms with Crippen LogP contribution in [-0.4, -0.2) is 23.0 Å². The predicted molar refractivity (Wildman–Crippen MR) is 296 cm³/mol. The summed E-state index contributed by atoms with van der Waals surface area (Å²) in [5.41, 5.74) is 15.9. The van der Waals surface area contributed by atoms with E-state index in [9.17, 15) is 0 Å². The van der Waals surface area contributed by atoms with Crippen LogP contribution in [0, 0.1) is 0 Å². The Morgan fingerprint density at radius 1 is 0.443 bits per heavy atom. The minimum atomic E-state index is -1.22. The number of pyridine rings is 3. The Morgan fingerprint density at radius 3 is 1.59 bits per heavy atom. The van der Waals surface area contributed by atoms with E-state index in [0.717, 1.165) is 50.1 Å². The average molecular weight is 1110 g/mol. The maximum Gasteiger partial charge on any atom is 0.144 e. The van der Waals surface area contributed by atoms with Crippen LogP contribution >= 0.6 is 0 Å². The predicted octanol–water partition coefficient (Wildman–Crippen LogP) is 17.1. The molecular formula is C64H65IrN3OSi. The van der Waals surface area contributed by atoms with Gasteiger partial charge in [0.15, 0.2) is 0 Å². The topological polar surface area (TPSA) is 51.8 Å². The molecular weight excluding hydrogens is 1050 g/mol. The first kappa shape index (κ1) is 51.3. The quantitative estimate of drug-likeness (QED) is 0.149. The molecule has 1 atom stereocenters. The van der Waals surface area contributed by atoms with E-state index in [-0.39, 0.29) is 36.9 Å². The van der Waals surface area contributed by atoms with Gasteiger partial charge in [-0.1, -0.05) is 208 Å². The van der Waals surface area contributed by atoms with Gasteiger partial charge in [0.2, 0.25) is 0 Å². The van der Waals surface area contributed by atoms with Crippen molar-refractivity contribution >= 4 is 35.2 Å². The van der Waals surface area contributed by atoms with Gasteiger partial charge in [0.1, 0.15) is 11.2 Å². The fraction of sp³-hybridized carbons (Fsp3) is 0.203. The minimum Gasteiger partial charge on any atom is -0.455 e. The number of aromatic nitrogens is 3. The Morgan fingerprint density at radius 2 is 1.03 bits per heavy atom. The Balaban J connectivity index is 0.000000202. The summed E-state index contributed by atoms with van der Waals surface area (Å²) in [6.45, 7) is 23.0. The van der Waals surface area contributed by atoms with Crippen molar-refractivity contribution in [2.45, 2.75) is 84.9 Å². The van der Waals surface area contributed by atoms with Crippen molar-refractivity contribution in [2.24, 2.45) is 0 Å². The summed E-state index contributed by atoms with van der Waals surface area (Å²) in [5, 5.41) is 3.65. The molecule has 10 aromatic rings. The molecule has 0 bridgehead atoms. The van der Waals surface area contributed by atoms with Gasteiger partial charge in [-0.3, -0.25) is 15.0 Å². The van der Waals surface area contributed by atoms with Gasteiger partial charge in [-0.2, -0.15) is 0 Å². The van der Waals surface area contributed by atoms with Gasteiger partial charge in [-0.15, -0.1) is 0 Å². The van der Waals surface area contributed by atoms with E-state index in [4.69, 9.17) is 9.40 Å². The summed E-state index contributed by atoms with van der Waals surface area (Å²) in [4.78, 5) is 13.6. The monoisotopic (exact) mass is 1110 g/mol. The first-order valence-corrected chi connectivity index (χ1v) is 27.6. The number of benzene rings is 6. The summed E-state index contributed by atoms with van der Waals surface area (Å²) in [6.07, 6.45) is 5.76. The van der Waals surface area contributed by atoms with Gasteiger partial charge in [-0.05, 0) is 97.9 Å². The van der Waals surface area contributed by atoms with Crippen LogP contribution in [0.1, 0.15) is 76.6 Å². The number of nitrogens with zero attached hydrogens (tertiary/aromatic N) is 3. The second-order valence-corrected chi connectivity index (χ2v) is 26.1. The fourth-order valence-electron chi connectivity index (χ4n) is 8.40. The molecule has 0 spiro atoms. The molecule has 0 aliphatic heterocycles. The molecule has 0 aliphatic carbocycles. The number of hydrogen-bond donors (Lipinski definition) is 0. The molecule has 0 N–H and O–H groups in total. The first-order valence-electron chi connectivity index (χ1n) is 24.1. The second-order valence-electron chi connectivity index (χ2n) is 21.0. The number of hydrogen-bond acceptors (Lipinski definition) is 4. The fourth-order valence-corrected chi connectivity index (χ4v) is 9.43. The molecule has 0 aliphatic rings. The SMILES string of the molecule is CC(c1ccccc1)c1ccnc(-c2cccc3c2oc2cc(-c4cc(C(C)(C)C)cc(C(C)(C)C)c4)ccc23)c1.C[Si](C)(C)c1ccc(-c2ccccc2)nc1.[Ir].c1ccc(-c2ccccn2)cc1. The third-order valence-corrected chi connectivity index (χ3v) is 14.8. The van der Waals surface area contributed by atoms with E-state index < -0.39 is 8.07 Å². The second kappa shape index (κ2) is 22.0. The zero-order valence-corrected chi connectivity index (χ0v) is 45.7. The van der Waals surface area contributed by atoms with Gasteiger partial charge >= 0.3 is 0 Å². The summed E-state index contributed by atoms with van der Waals surface area (Å²) in [7, 11) is -1.22. The van der Waals surface area contributed by atoms with Crippen LogP contribution in [-0.2, 0) is 30.9 Å². The summed E-state index contributed by atoms with van der Waals surface area (Å²) in [6, 6.07) is 65.8. The van der Waals surface area contributed by atoms with Crippen molar-refractivity contribution in [3.05, 3.63) is 229 Å². The molecule has 0 fully saturated rings. The van der Waals surface area contributed by atoms with Crippen molar-refractivity contribution in [1.29, 1.82) is 0 Å². The van der Waals surface area contributed by atoms with Crippen LogP contribution in [0.3, 0.4) is 0 Å². The van der Waals surface area contributed by atoms with Crippen LogP contribution in [0.4, 0.5) is 0 Å². The third kappa shape index (κ3) is 12.4. The van der Waals surface area contributed by atoms with Crippen molar-refractivity contribution in [2.75, 3.05) is 0 Å². The average Bonchev–Trinajstić information content (AvgIpc) is 3.75. The molecule has 6 aromatic carbocycles. The van der Waals surface area contributed by atoms with Crippen LogP contribution in [0.25, 0.3) is 66.8 Å². The summed E-state index contributed by atoms with van der Waals surface area (Å²) >= 11 is 0.